The number of benzene rings is 1. The van der Waals surface area contributed by atoms with Gasteiger partial charge in [-0.05, 0) is 50.1 Å². The van der Waals surface area contributed by atoms with Gasteiger partial charge in [0.05, 0.1) is 11.5 Å². The lowest BCUT2D eigenvalue weighted by Gasteiger charge is -2.21. The van der Waals surface area contributed by atoms with E-state index in [-0.39, 0.29) is 29.3 Å². The van der Waals surface area contributed by atoms with Crippen molar-refractivity contribution in [3.63, 3.8) is 0 Å². The van der Waals surface area contributed by atoms with Crippen LogP contribution in [0, 0.1) is 5.92 Å². The van der Waals surface area contributed by atoms with E-state index in [1.807, 2.05) is 6.92 Å². The van der Waals surface area contributed by atoms with E-state index in [1.54, 1.807) is 35.7 Å². The van der Waals surface area contributed by atoms with Crippen LogP contribution in [-0.2, 0) is 14.8 Å². The average Bonchev–Trinajstić information content (AvgIpc) is 2.90. The van der Waals surface area contributed by atoms with Gasteiger partial charge in [-0.3, -0.25) is 0 Å². The Balaban J connectivity index is 0.00000264. The largest absolute Gasteiger partial charge is 0.491 e. The number of sulfonamides is 1. The molecule has 0 aromatic heterocycles. The zero-order chi connectivity index (χ0) is 16.2. The molecule has 1 aliphatic rings. The molecule has 132 valence electrons. The molecule has 1 saturated heterocycles. The van der Waals surface area contributed by atoms with Gasteiger partial charge in [-0.2, -0.15) is 4.31 Å². The summed E-state index contributed by atoms with van der Waals surface area (Å²) < 4.78 is 37.3. The molecular formula is C15H25ClN2O4S. The topological polar surface area (TPSA) is 81.9 Å². The number of ether oxygens (including phenoxy) is 2. The minimum absolute atomic E-state index is 0. The Bertz CT molecular complexity index is 580. The molecule has 0 bridgehead atoms. The van der Waals surface area contributed by atoms with Crippen molar-refractivity contribution in [2.75, 3.05) is 33.4 Å². The molecule has 1 heterocycles. The lowest BCUT2D eigenvalue weighted by molar-refractivity contribution is 0.146. The standard InChI is InChI=1S/C15H24N2O4S.ClH/c1-12-9-13(10-16)11-17(12)22(18,19)15-5-3-14(4-6-15)21-8-7-20-2;/h3-6,12-13H,7-11,16H2,1-2H3;1H. The van der Waals surface area contributed by atoms with Gasteiger partial charge in [0.25, 0.3) is 0 Å². The van der Waals surface area contributed by atoms with Crippen LogP contribution < -0.4 is 10.5 Å². The van der Waals surface area contributed by atoms with Crippen LogP contribution in [0.2, 0.25) is 0 Å². The normalized spacial score (nSPS) is 21.9. The van der Waals surface area contributed by atoms with Crippen LogP contribution in [0.5, 0.6) is 5.75 Å². The van der Waals surface area contributed by atoms with E-state index in [0.717, 1.165) is 6.42 Å². The van der Waals surface area contributed by atoms with E-state index < -0.39 is 10.0 Å². The molecule has 2 rings (SSSR count). The van der Waals surface area contributed by atoms with Crippen LogP contribution in [0.15, 0.2) is 29.2 Å². The van der Waals surface area contributed by atoms with Crippen molar-refractivity contribution in [1.29, 1.82) is 0 Å². The third-order valence-electron chi connectivity index (χ3n) is 3.92. The van der Waals surface area contributed by atoms with Gasteiger partial charge in [-0.1, -0.05) is 0 Å². The predicted molar refractivity (Wildman–Crippen MR) is 91.6 cm³/mol. The monoisotopic (exact) mass is 364 g/mol. The van der Waals surface area contributed by atoms with Gasteiger partial charge in [-0.25, -0.2) is 8.42 Å². The van der Waals surface area contributed by atoms with Crippen LogP contribution >= 0.6 is 12.4 Å². The second kappa shape index (κ2) is 8.84. The minimum atomic E-state index is -3.48. The molecular weight excluding hydrogens is 340 g/mol. The zero-order valence-electron chi connectivity index (χ0n) is 13.5. The number of hydrogen-bond donors (Lipinski definition) is 1. The number of nitrogens with two attached hydrogens (primary N) is 1. The highest BCUT2D eigenvalue weighted by molar-refractivity contribution is 7.89. The summed E-state index contributed by atoms with van der Waals surface area (Å²) >= 11 is 0. The van der Waals surface area contributed by atoms with Gasteiger partial charge >= 0.3 is 0 Å². The molecule has 0 radical (unpaired) electrons. The number of nitrogens with zero attached hydrogens (tertiary/aromatic N) is 1. The summed E-state index contributed by atoms with van der Waals surface area (Å²) in [5.41, 5.74) is 5.67. The fourth-order valence-electron chi connectivity index (χ4n) is 2.70. The molecule has 0 aliphatic carbocycles. The Kier molecular flexibility index (Phi) is 7.76. The maximum Gasteiger partial charge on any atom is 0.243 e. The summed E-state index contributed by atoms with van der Waals surface area (Å²) in [7, 11) is -1.87. The Morgan fingerprint density at radius 2 is 1.91 bits per heavy atom. The van der Waals surface area contributed by atoms with Crippen molar-refractivity contribution >= 4 is 22.4 Å². The van der Waals surface area contributed by atoms with Crippen molar-refractivity contribution in [3.05, 3.63) is 24.3 Å². The number of rotatable bonds is 7. The van der Waals surface area contributed by atoms with Crippen LogP contribution in [0.4, 0.5) is 0 Å². The summed E-state index contributed by atoms with van der Waals surface area (Å²) in [6.45, 7) is 3.86. The Labute approximate surface area is 144 Å². The molecule has 1 aromatic rings. The SMILES string of the molecule is COCCOc1ccc(S(=O)(=O)N2CC(CN)CC2C)cc1.Cl. The van der Waals surface area contributed by atoms with E-state index >= 15 is 0 Å². The van der Waals surface area contributed by atoms with Gasteiger partial charge in [0, 0.05) is 19.7 Å². The highest BCUT2D eigenvalue weighted by Crippen LogP contribution is 2.29. The number of hydrogen-bond acceptors (Lipinski definition) is 5. The highest BCUT2D eigenvalue weighted by Gasteiger charge is 2.37. The molecule has 2 atom stereocenters. The summed E-state index contributed by atoms with van der Waals surface area (Å²) in [6.07, 6.45) is 0.813. The molecule has 0 spiro atoms. The molecule has 2 unspecified atom stereocenters. The fourth-order valence-corrected chi connectivity index (χ4v) is 4.42. The van der Waals surface area contributed by atoms with E-state index in [9.17, 15) is 8.42 Å². The second-order valence-electron chi connectivity index (χ2n) is 5.57. The van der Waals surface area contributed by atoms with Gasteiger partial charge < -0.3 is 15.2 Å². The Morgan fingerprint density at radius 1 is 1.26 bits per heavy atom. The highest BCUT2D eigenvalue weighted by atomic mass is 35.5. The molecule has 1 fully saturated rings. The van der Waals surface area contributed by atoms with Crippen molar-refractivity contribution in [1.82, 2.24) is 4.31 Å². The Morgan fingerprint density at radius 3 is 2.43 bits per heavy atom. The van der Waals surface area contributed by atoms with Crippen LogP contribution in [0.1, 0.15) is 13.3 Å². The van der Waals surface area contributed by atoms with Crippen LogP contribution in [0.25, 0.3) is 0 Å². The van der Waals surface area contributed by atoms with E-state index in [0.29, 0.717) is 32.1 Å². The van der Waals surface area contributed by atoms with E-state index in [4.69, 9.17) is 15.2 Å². The molecule has 6 nitrogen and oxygen atoms in total. The third-order valence-corrected chi connectivity index (χ3v) is 5.92. The van der Waals surface area contributed by atoms with Crippen LogP contribution in [-0.4, -0.2) is 52.2 Å². The fraction of sp³-hybridized carbons (Fsp3) is 0.600. The van der Waals surface area contributed by atoms with Gasteiger partial charge in [0.1, 0.15) is 12.4 Å². The summed E-state index contributed by atoms with van der Waals surface area (Å²) in [5, 5.41) is 0. The predicted octanol–water partition coefficient (Wildman–Crippen LogP) is 1.49. The molecule has 0 amide bonds. The van der Waals surface area contributed by atoms with Crippen molar-refractivity contribution in [3.8, 4) is 5.75 Å². The lowest BCUT2D eigenvalue weighted by Crippen LogP contribution is -2.34. The first kappa shape index (κ1) is 20.2. The first-order valence-corrected chi connectivity index (χ1v) is 8.86. The smallest absolute Gasteiger partial charge is 0.243 e. The second-order valence-corrected chi connectivity index (χ2v) is 7.46. The van der Waals surface area contributed by atoms with E-state index in [1.165, 1.54) is 0 Å². The van der Waals surface area contributed by atoms with Crippen molar-refractivity contribution in [2.45, 2.75) is 24.3 Å². The Hall–Kier alpha value is -0.860. The van der Waals surface area contributed by atoms with Crippen molar-refractivity contribution in [2.24, 2.45) is 11.7 Å². The summed E-state index contributed by atoms with van der Waals surface area (Å²) in [5.74, 6) is 0.867. The molecule has 0 saturated carbocycles. The lowest BCUT2D eigenvalue weighted by atomic mass is 10.1. The third kappa shape index (κ3) is 4.81. The average molecular weight is 365 g/mol. The molecule has 8 heteroatoms. The van der Waals surface area contributed by atoms with Crippen molar-refractivity contribution < 1.29 is 17.9 Å². The summed E-state index contributed by atoms with van der Waals surface area (Å²) in [4.78, 5) is 0.288. The maximum absolute atomic E-state index is 12.7. The van der Waals surface area contributed by atoms with E-state index in [2.05, 4.69) is 0 Å². The number of halogens is 1. The molecule has 23 heavy (non-hydrogen) atoms. The molecule has 1 aliphatic heterocycles. The number of methoxy groups -OCH3 is 1. The first-order valence-electron chi connectivity index (χ1n) is 7.42. The van der Waals surface area contributed by atoms with Crippen LogP contribution in [0.3, 0.4) is 0 Å². The van der Waals surface area contributed by atoms with Gasteiger partial charge in [-0.15, -0.1) is 12.4 Å². The first-order chi connectivity index (χ1) is 10.5. The maximum atomic E-state index is 12.7. The van der Waals surface area contributed by atoms with Gasteiger partial charge in [0.2, 0.25) is 10.0 Å². The zero-order valence-corrected chi connectivity index (χ0v) is 15.1. The summed E-state index contributed by atoms with van der Waals surface area (Å²) in [6, 6.07) is 6.49. The molecule has 2 N–H and O–H groups in total. The van der Waals surface area contributed by atoms with Gasteiger partial charge in [0.15, 0.2) is 0 Å². The minimum Gasteiger partial charge on any atom is -0.491 e. The quantitative estimate of drug-likeness (QED) is 0.741. The molecule has 1 aromatic carbocycles.